The molecular formula is C14H20N2O2S2. The summed E-state index contributed by atoms with van der Waals surface area (Å²) in [7, 11) is -3.28. The van der Waals surface area contributed by atoms with Gasteiger partial charge in [-0.2, -0.15) is 0 Å². The van der Waals surface area contributed by atoms with Crippen molar-refractivity contribution in [3.8, 4) is 0 Å². The lowest BCUT2D eigenvalue weighted by Crippen LogP contribution is -2.55. The van der Waals surface area contributed by atoms with Crippen LogP contribution >= 0.6 is 12.2 Å². The zero-order valence-corrected chi connectivity index (χ0v) is 13.2. The lowest BCUT2D eigenvalue weighted by Gasteiger charge is -2.39. The fourth-order valence-corrected chi connectivity index (χ4v) is 4.66. The van der Waals surface area contributed by atoms with Crippen LogP contribution in [0.4, 0.5) is 0 Å². The van der Waals surface area contributed by atoms with Crippen LogP contribution in [-0.4, -0.2) is 42.4 Å². The van der Waals surface area contributed by atoms with Gasteiger partial charge in [0.05, 0.1) is 4.99 Å². The molecule has 1 fully saturated rings. The molecule has 20 heavy (non-hydrogen) atoms. The van der Waals surface area contributed by atoms with Crippen LogP contribution in [0.25, 0.3) is 0 Å². The molecule has 1 aliphatic rings. The van der Waals surface area contributed by atoms with E-state index in [1.54, 1.807) is 0 Å². The summed E-state index contributed by atoms with van der Waals surface area (Å²) in [6, 6.07) is 10.2. The molecule has 0 radical (unpaired) electrons. The topological polar surface area (TPSA) is 63.4 Å². The molecule has 0 aliphatic carbocycles. The number of hydrogen-bond donors (Lipinski definition) is 1. The summed E-state index contributed by atoms with van der Waals surface area (Å²) < 4.78 is 23.0. The number of thiocarbonyl (C=S) groups is 1. The Kier molecular flexibility index (Phi) is 4.46. The fraction of sp³-hybridized carbons (Fsp3) is 0.500. The van der Waals surface area contributed by atoms with Gasteiger partial charge in [-0.1, -0.05) is 42.5 Å². The fourth-order valence-electron chi connectivity index (χ4n) is 2.71. The number of rotatable bonds is 4. The summed E-state index contributed by atoms with van der Waals surface area (Å²) >= 11 is 5.02. The van der Waals surface area contributed by atoms with Crippen LogP contribution in [-0.2, 0) is 16.4 Å². The lowest BCUT2D eigenvalue weighted by atomic mass is 9.95. The zero-order chi connectivity index (χ0) is 14.8. The molecule has 0 saturated carbocycles. The van der Waals surface area contributed by atoms with Crippen LogP contribution in [0.15, 0.2) is 30.3 Å². The molecule has 1 aromatic rings. The molecule has 1 aromatic carbocycles. The Bertz CT molecular complexity index is 576. The summed E-state index contributed by atoms with van der Waals surface area (Å²) in [4.78, 5) is 2.36. The Morgan fingerprint density at radius 3 is 2.30 bits per heavy atom. The number of piperidine rings is 1. The average molecular weight is 312 g/mol. The number of nitrogens with zero attached hydrogens (tertiary/aromatic N) is 1. The third kappa shape index (κ3) is 3.02. The Balaban J connectivity index is 2.06. The highest BCUT2D eigenvalue weighted by Gasteiger charge is 2.46. The third-order valence-electron chi connectivity index (χ3n) is 4.07. The second-order valence-corrected chi connectivity index (χ2v) is 8.16. The number of likely N-dealkylation sites (tertiary alicyclic amines) is 1. The van der Waals surface area contributed by atoms with Crippen LogP contribution < -0.4 is 5.73 Å². The highest BCUT2D eigenvalue weighted by Crippen LogP contribution is 2.31. The molecule has 0 bridgehead atoms. The maximum Gasteiger partial charge on any atom is 0.159 e. The zero-order valence-electron chi connectivity index (χ0n) is 11.6. The Morgan fingerprint density at radius 2 is 1.85 bits per heavy atom. The molecule has 0 aromatic heterocycles. The molecular weight excluding hydrogens is 292 g/mol. The standard InChI is InChI=1S/C14H20N2O2S2/c1-20(17,18)14(13(15)19)7-9-16(10-8-14)11-12-5-3-2-4-6-12/h2-6H,7-11H2,1H3,(H2,15,19). The number of benzene rings is 1. The van der Waals surface area contributed by atoms with E-state index in [0.717, 1.165) is 6.54 Å². The van der Waals surface area contributed by atoms with E-state index in [-0.39, 0.29) is 4.99 Å². The van der Waals surface area contributed by atoms with Crippen LogP contribution in [0.3, 0.4) is 0 Å². The van der Waals surface area contributed by atoms with Crippen molar-refractivity contribution in [3.63, 3.8) is 0 Å². The lowest BCUT2D eigenvalue weighted by molar-refractivity contribution is 0.209. The van der Waals surface area contributed by atoms with E-state index in [9.17, 15) is 8.42 Å². The predicted octanol–water partition coefficient (Wildman–Crippen LogP) is 1.35. The van der Waals surface area contributed by atoms with Gasteiger partial charge in [-0.25, -0.2) is 8.42 Å². The first-order valence-electron chi connectivity index (χ1n) is 6.61. The van der Waals surface area contributed by atoms with E-state index in [1.807, 2.05) is 18.2 Å². The van der Waals surface area contributed by atoms with Gasteiger partial charge < -0.3 is 5.73 Å². The van der Waals surface area contributed by atoms with Gasteiger partial charge in [0.1, 0.15) is 4.75 Å². The molecule has 110 valence electrons. The molecule has 2 rings (SSSR count). The minimum Gasteiger partial charge on any atom is -0.392 e. The quantitative estimate of drug-likeness (QED) is 0.850. The molecule has 0 atom stereocenters. The van der Waals surface area contributed by atoms with Crippen molar-refractivity contribution in [1.82, 2.24) is 4.90 Å². The second kappa shape index (κ2) is 5.79. The van der Waals surface area contributed by atoms with E-state index in [4.69, 9.17) is 18.0 Å². The van der Waals surface area contributed by atoms with Crippen LogP contribution in [0, 0.1) is 0 Å². The van der Waals surface area contributed by atoms with Gasteiger partial charge in [0, 0.05) is 25.9 Å². The maximum atomic E-state index is 12.0. The SMILES string of the molecule is CS(=O)(=O)C1(C(N)=S)CCN(Cc2ccccc2)CC1. The van der Waals surface area contributed by atoms with E-state index >= 15 is 0 Å². The average Bonchev–Trinajstić information content (AvgIpc) is 2.39. The van der Waals surface area contributed by atoms with E-state index in [2.05, 4.69) is 17.0 Å². The van der Waals surface area contributed by atoms with E-state index in [0.29, 0.717) is 25.9 Å². The third-order valence-corrected chi connectivity index (χ3v) is 6.64. The Labute approximate surface area is 125 Å². The van der Waals surface area contributed by atoms with Crippen molar-refractivity contribution in [2.75, 3.05) is 19.3 Å². The van der Waals surface area contributed by atoms with Gasteiger partial charge in [0.25, 0.3) is 0 Å². The number of sulfone groups is 1. The largest absolute Gasteiger partial charge is 0.392 e. The normalized spacial score (nSPS) is 19.6. The van der Waals surface area contributed by atoms with Gasteiger partial charge in [0.2, 0.25) is 0 Å². The van der Waals surface area contributed by atoms with Crippen molar-refractivity contribution in [2.45, 2.75) is 24.1 Å². The summed E-state index contributed by atoms with van der Waals surface area (Å²) in [5.41, 5.74) is 6.95. The number of hydrogen-bond acceptors (Lipinski definition) is 4. The maximum absolute atomic E-state index is 12.0. The molecule has 1 saturated heterocycles. The summed E-state index contributed by atoms with van der Waals surface area (Å²) in [6.45, 7) is 2.22. The number of nitrogens with two attached hydrogens (primary N) is 1. The van der Waals surface area contributed by atoms with Gasteiger partial charge in [0.15, 0.2) is 9.84 Å². The van der Waals surface area contributed by atoms with Gasteiger partial charge in [-0.15, -0.1) is 0 Å². The molecule has 0 unspecified atom stereocenters. The highest BCUT2D eigenvalue weighted by molar-refractivity contribution is 7.94. The van der Waals surface area contributed by atoms with E-state index in [1.165, 1.54) is 11.8 Å². The predicted molar refractivity (Wildman–Crippen MR) is 85.3 cm³/mol. The first-order chi connectivity index (χ1) is 9.35. The molecule has 1 heterocycles. The van der Waals surface area contributed by atoms with Crippen molar-refractivity contribution in [2.24, 2.45) is 5.73 Å². The smallest absolute Gasteiger partial charge is 0.159 e. The van der Waals surface area contributed by atoms with Gasteiger partial charge in [-0.3, -0.25) is 4.90 Å². The van der Waals surface area contributed by atoms with Crippen molar-refractivity contribution < 1.29 is 8.42 Å². The molecule has 2 N–H and O–H groups in total. The Morgan fingerprint density at radius 1 is 1.30 bits per heavy atom. The van der Waals surface area contributed by atoms with Gasteiger partial charge in [-0.05, 0) is 18.4 Å². The Hall–Kier alpha value is -0.980. The minimum atomic E-state index is -3.28. The monoisotopic (exact) mass is 312 g/mol. The second-order valence-electron chi connectivity index (χ2n) is 5.39. The van der Waals surface area contributed by atoms with Crippen molar-refractivity contribution in [3.05, 3.63) is 35.9 Å². The van der Waals surface area contributed by atoms with Crippen LogP contribution in [0.5, 0.6) is 0 Å². The molecule has 4 nitrogen and oxygen atoms in total. The first kappa shape index (κ1) is 15.4. The summed E-state index contributed by atoms with van der Waals surface area (Å²) in [6.07, 6.45) is 2.20. The summed E-state index contributed by atoms with van der Waals surface area (Å²) in [5, 5.41) is 0. The van der Waals surface area contributed by atoms with Gasteiger partial charge >= 0.3 is 0 Å². The molecule has 0 amide bonds. The highest BCUT2D eigenvalue weighted by atomic mass is 32.2. The van der Waals surface area contributed by atoms with E-state index < -0.39 is 14.6 Å². The molecule has 1 aliphatic heterocycles. The van der Waals surface area contributed by atoms with Crippen molar-refractivity contribution >= 4 is 27.0 Å². The minimum absolute atomic E-state index is 0.111. The van der Waals surface area contributed by atoms with Crippen LogP contribution in [0.2, 0.25) is 0 Å². The molecule has 6 heteroatoms. The van der Waals surface area contributed by atoms with Crippen LogP contribution in [0.1, 0.15) is 18.4 Å². The summed E-state index contributed by atoms with van der Waals surface area (Å²) in [5.74, 6) is 0. The molecule has 0 spiro atoms. The first-order valence-corrected chi connectivity index (χ1v) is 8.91. The van der Waals surface area contributed by atoms with Crippen molar-refractivity contribution in [1.29, 1.82) is 0 Å².